The first-order chi connectivity index (χ1) is 5.33. The molecule has 4 heteroatoms. The van der Waals surface area contributed by atoms with Crippen LogP contribution in [0.5, 0.6) is 0 Å². The fraction of sp³-hybridized carbons (Fsp3) is 0.429. The van der Waals surface area contributed by atoms with E-state index in [9.17, 15) is 0 Å². The second kappa shape index (κ2) is 4.26. The molecule has 0 saturated heterocycles. The first-order valence-corrected chi connectivity index (χ1v) is 3.87. The summed E-state index contributed by atoms with van der Waals surface area (Å²) >= 11 is 5.60. The highest BCUT2D eigenvalue weighted by molar-refractivity contribution is 6.30. The minimum atomic E-state index is 0.571. The molecule has 60 valence electrons. The van der Waals surface area contributed by atoms with Crippen LogP contribution < -0.4 is 5.73 Å². The smallest absolute Gasteiger partial charge is 0.128 e. The molecule has 0 aromatic carbocycles. The Morgan fingerprint density at radius 2 is 2.00 bits per heavy atom. The second-order valence-corrected chi connectivity index (χ2v) is 2.65. The SMILES string of the molecule is NCCCc1ncc(Cl)cn1. The zero-order valence-electron chi connectivity index (χ0n) is 6.13. The number of nitrogens with zero attached hydrogens (tertiary/aromatic N) is 2. The molecule has 0 spiro atoms. The number of aryl methyl sites for hydroxylation is 1. The van der Waals surface area contributed by atoms with Crippen LogP contribution in [0.15, 0.2) is 12.4 Å². The van der Waals surface area contributed by atoms with Gasteiger partial charge in [0.05, 0.1) is 5.02 Å². The third kappa shape index (κ3) is 2.82. The third-order valence-electron chi connectivity index (χ3n) is 1.28. The van der Waals surface area contributed by atoms with Gasteiger partial charge >= 0.3 is 0 Å². The van der Waals surface area contributed by atoms with E-state index in [1.165, 1.54) is 0 Å². The molecule has 1 aromatic heterocycles. The summed E-state index contributed by atoms with van der Waals surface area (Å²) in [6.45, 7) is 0.673. The molecule has 0 radical (unpaired) electrons. The maximum Gasteiger partial charge on any atom is 0.128 e. The molecule has 0 bridgehead atoms. The van der Waals surface area contributed by atoms with Crippen LogP contribution in [-0.4, -0.2) is 16.5 Å². The predicted molar refractivity (Wildman–Crippen MR) is 44.4 cm³/mol. The average molecular weight is 172 g/mol. The first-order valence-electron chi connectivity index (χ1n) is 3.49. The summed E-state index contributed by atoms with van der Waals surface area (Å²) in [7, 11) is 0. The lowest BCUT2D eigenvalue weighted by atomic mass is 10.3. The van der Waals surface area contributed by atoms with Crippen molar-refractivity contribution in [3.63, 3.8) is 0 Å². The van der Waals surface area contributed by atoms with Crippen molar-refractivity contribution in [3.05, 3.63) is 23.2 Å². The van der Waals surface area contributed by atoms with Crippen LogP contribution in [0.3, 0.4) is 0 Å². The van der Waals surface area contributed by atoms with Gasteiger partial charge in [0.2, 0.25) is 0 Å². The average Bonchev–Trinajstić information content (AvgIpc) is 2.04. The zero-order valence-corrected chi connectivity index (χ0v) is 6.88. The summed E-state index contributed by atoms with van der Waals surface area (Å²) in [5.74, 6) is 0.805. The highest BCUT2D eigenvalue weighted by Crippen LogP contribution is 2.03. The maximum atomic E-state index is 5.60. The Morgan fingerprint density at radius 3 is 2.55 bits per heavy atom. The number of aromatic nitrogens is 2. The fourth-order valence-electron chi connectivity index (χ4n) is 0.728. The van der Waals surface area contributed by atoms with Gasteiger partial charge in [-0.25, -0.2) is 9.97 Å². The maximum absolute atomic E-state index is 5.60. The van der Waals surface area contributed by atoms with Crippen molar-refractivity contribution in [2.75, 3.05) is 6.54 Å². The molecule has 1 aromatic rings. The van der Waals surface area contributed by atoms with Crippen LogP contribution in [0.25, 0.3) is 0 Å². The van der Waals surface area contributed by atoms with Crippen LogP contribution in [-0.2, 0) is 6.42 Å². The number of rotatable bonds is 3. The molecule has 0 aliphatic rings. The van der Waals surface area contributed by atoms with Crippen LogP contribution >= 0.6 is 11.6 Å². The fourth-order valence-corrected chi connectivity index (χ4v) is 0.826. The molecule has 11 heavy (non-hydrogen) atoms. The Balaban J connectivity index is 2.52. The molecule has 3 nitrogen and oxygen atoms in total. The van der Waals surface area contributed by atoms with Gasteiger partial charge < -0.3 is 5.73 Å². The third-order valence-corrected chi connectivity index (χ3v) is 1.47. The summed E-state index contributed by atoms with van der Waals surface area (Å²) < 4.78 is 0. The monoisotopic (exact) mass is 171 g/mol. The van der Waals surface area contributed by atoms with Crippen molar-refractivity contribution in [3.8, 4) is 0 Å². The van der Waals surface area contributed by atoms with Crippen LogP contribution in [0.1, 0.15) is 12.2 Å². The number of nitrogens with two attached hydrogens (primary N) is 1. The molecule has 0 amide bonds. The molecule has 0 aliphatic heterocycles. The Bertz CT molecular complexity index is 209. The van der Waals surface area contributed by atoms with E-state index in [2.05, 4.69) is 9.97 Å². The van der Waals surface area contributed by atoms with Crippen LogP contribution in [0, 0.1) is 0 Å². The van der Waals surface area contributed by atoms with E-state index >= 15 is 0 Å². The second-order valence-electron chi connectivity index (χ2n) is 2.21. The molecular formula is C7H10ClN3. The van der Waals surface area contributed by atoms with E-state index in [1.807, 2.05) is 0 Å². The lowest BCUT2D eigenvalue weighted by Crippen LogP contribution is -2.02. The minimum absolute atomic E-state index is 0.571. The lowest BCUT2D eigenvalue weighted by Gasteiger charge is -1.96. The van der Waals surface area contributed by atoms with Crippen molar-refractivity contribution in [1.82, 2.24) is 9.97 Å². The first kappa shape index (κ1) is 8.43. The number of hydrogen-bond acceptors (Lipinski definition) is 3. The Kier molecular flexibility index (Phi) is 3.26. The largest absolute Gasteiger partial charge is 0.330 e. The summed E-state index contributed by atoms with van der Waals surface area (Å²) in [5, 5.41) is 0.571. The van der Waals surface area contributed by atoms with Crippen molar-refractivity contribution < 1.29 is 0 Å². The summed E-state index contributed by atoms with van der Waals surface area (Å²) in [5.41, 5.74) is 5.32. The normalized spacial score (nSPS) is 10.0. The molecule has 0 fully saturated rings. The summed E-state index contributed by atoms with van der Waals surface area (Å²) in [6, 6.07) is 0. The highest BCUT2D eigenvalue weighted by atomic mass is 35.5. The summed E-state index contributed by atoms with van der Waals surface area (Å²) in [4.78, 5) is 8.03. The van der Waals surface area contributed by atoms with Gasteiger partial charge in [0.1, 0.15) is 5.82 Å². The van der Waals surface area contributed by atoms with Crippen LogP contribution in [0.2, 0.25) is 5.02 Å². The zero-order chi connectivity index (χ0) is 8.10. The predicted octanol–water partition coefficient (Wildman–Crippen LogP) is 1.02. The van der Waals surface area contributed by atoms with Crippen LogP contribution in [0.4, 0.5) is 0 Å². The van der Waals surface area contributed by atoms with Crippen molar-refractivity contribution in [2.45, 2.75) is 12.8 Å². The van der Waals surface area contributed by atoms with Gasteiger partial charge in [0.25, 0.3) is 0 Å². The summed E-state index contributed by atoms with van der Waals surface area (Å²) in [6.07, 6.45) is 4.94. The van der Waals surface area contributed by atoms with Gasteiger partial charge in [-0.2, -0.15) is 0 Å². The van der Waals surface area contributed by atoms with E-state index in [-0.39, 0.29) is 0 Å². The quantitative estimate of drug-likeness (QED) is 0.739. The Morgan fingerprint density at radius 1 is 1.36 bits per heavy atom. The van der Waals surface area contributed by atoms with E-state index in [0.29, 0.717) is 11.6 Å². The standard InChI is InChI=1S/C7H10ClN3/c8-6-4-10-7(11-5-6)2-1-3-9/h4-5H,1-3,9H2. The molecule has 0 unspecified atom stereocenters. The number of hydrogen-bond donors (Lipinski definition) is 1. The topological polar surface area (TPSA) is 51.8 Å². The Labute approximate surface area is 70.6 Å². The molecular weight excluding hydrogens is 162 g/mol. The minimum Gasteiger partial charge on any atom is -0.330 e. The molecule has 0 aliphatic carbocycles. The van der Waals surface area contributed by atoms with Gasteiger partial charge in [-0.05, 0) is 13.0 Å². The van der Waals surface area contributed by atoms with E-state index in [4.69, 9.17) is 17.3 Å². The molecule has 2 N–H and O–H groups in total. The molecule has 1 heterocycles. The van der Waals surface area contributed by atoms with E-state index in [1.54, 1.807) is 12.4 Å². The number of halogens is 1. The van der Waals surface area contributed by atoms with Gasteiger partial charge in [-0.3, -0.25) is 0 Å². The molecule has 0 atom stereocenters. The van der Waals surface area contributed by atoms with Crippen molar-refractivity contribution in [2.24, 2.45) is 5.73 Å². The van der Waals surface area contributed by atoms with Gasteiger partial charge in [0, 0.05) is 18.8 Å². The van der Waals surface area contributed by atoms with Crippen molar-refractivity contribution >= 4 is 11.6 Å². The van der Waals surface area contributed by atoms with Gasteiger partial charge in [-0.1, -0.05) is 11.6 Å². The highest BCUT2D eigenvalue weighted by Gasteiger charge is 1.94. The van der Waals surface area contributed by atoms with E-state index in [0.717, 1.165) is 18.7 Å². The van der Waals surface area contributed by atoms with Gasteiger partial charge in [0.15, 0.2) is 0 Å². The van der Waals surface area contributed by atoms with Gasteiger partial charge in [-0.15, -0.1) is 0 Å². The Hall–Kier alpha value is -0.670. The van der Waals surface area contributed by atoms with Crippen molar-refractivity contribution in [1.29, 1.82) is 0 Å². The molecule has 1 rings (SSSR count). The van der Waals surface area contributed by atoms with E-state index < -0.39 is 0 Å². The molecule has 0 saturated carbocycles. The lowest BCUT2D eigenvalue weighted by molar-refractivity contribution is 0.780.